The molecule has 7 heteroatoms. The summed E-state index contributed by atoms with van der Waals surface area (Å²) in [5.74, 6) is -0.474. The third-order valence-electron chi connectivity index (χ3n) is 5.68. The van der Waals surface area contributed by atoms with Crippen molar-refractivity contribution in [1.82, 2.24) is 4.90 Å². The van der Waals surface area contributed by atoms with E-state index in [2.05, 4.69) is 6.58 Å². The molecule has 0 unspecified atom stereocenters. The first-order chi connectivity index (χ1) is 15.0. The van der Waals surface area contributed by atoms with Crippen LogP contribution >= 0.6 is 0 Å². The van der Waals surface area contributed by atoms with E-state index in [1.54, 1.807) is 30.3 Å². The van der Waals surface area contributed by atoms with Gasteiger partial charge in [-0.2, -0.15) is 0 Å². The molecule has 4 rings (SSSR count). The predicted octanol–water partition coefficient (Wildman–Crippen LogP) is 3.08. The molecule has 2 heterocycles. The van der Waals surface area contributed by atoms with Crippen molar-refractivity contribution in [3.8, 4) is 5.75 Å². The Morgan fingerprint density at radius 1 is 1.13 bits per heavy atom. The second-order valence-electron chi connectivity index (χ2n) is 7.52. The van der Waals surface area contributed by atoms with E-state index in [0.717, 1.165) is 5.56 Å². The van der Waals surface area contributed by atoms with E-state index >= 15 is 0 Å². The van der Waals surface area contributed by atoms with E-state index in [1.807, 2.05) is 31.2 Å². The Kier molecular flexibility index (Phi) is 5.50. The number of nitrogens with zero attached hydrogens (tertiary/aromatic N) is 2. The maximum Gasteiger partial charge on any atom is 0.353 e. The van der Waals surface area contributed by atoms with Gasteiger partial charge in [-0.15, -0.1) is 6.58 Å². The van der Waals surface area contributed by atoms with Gasteiger partial charge in [0.1, 0.15) is 19.0 Å². The number of aryl methyl sites for hydroxylation is 1. The zero-order chi connectivity index (χ0) is 22.0. The highest BCUT2D eigenvalue weighted by Crippen LogP contribution is 2.45. The largest absolute Gasteiger partial charge is 0.490 e. The maximum atomic E-state index is 13.4. The van der Waals surface area contributed by atoms with Gasteiger partial charge in [-0.3, -0.25) is 14.5 Å². The third kappa shape index (κ3) is 3.36. The smallest absolute Gasteiger partial charge is 0.353 e. The molecule has 2 aliphatic heterocycles. The fraction of sp³-hybridized carbons (Fsp3) is 0.292. The summed E-state index contributed by atoms with van der Waals surface area (Å²) in [7, 11) is 0. The summed E-state index contributed by atoms with van der Waals surface area (Å²) in [4.78, 5) is 42.2. The van der Waals surface area contributed by atoms with Gasteiger partial charge < -0.3 is 14.4 Å². The number of fused-ring (bicyclic) bond motifs is 3. The molecule has 0 spiro atoms. The Morgan fingerprint density at radius 3 is 2.65 bits per heavy atom. The van der Waals surface area contributed by atoms with Crippen molar-refractivity contribution in [3.63, 3.8) is 0 Å². The number of para-hydroxylation sites is 2. The van der Waals surface area contributed by atoms with Crippen LogP contribution in [-0.4, -0.2) is 48.1 Å². The van der Waals surface area contributed by atoms with Crippen molar-refractivity contribution in [1.29, 1.82) is 0 Å². The van der Waals surface area contributed by atoms with E-state index in [0.29, 0.717) is 17.0 Å². The van der Waals surface area contributed by atoms with E-state index in [-0.39, 0.29) is 44.4 Å². The average molecular weight is 420 g/mol. The van der Waals surface area contributed by atoms with Gasteiger partial charge >= 0.3 is 5.97 Å². The van der Waals surface area contributed by atoms with Crippen LogP contribution in [-0.2, 0) is 14.3 Å². The van der Waals surface area contributed by atoms with Crippen LogP contribution < -0.4 is 9.64 Å². The fourth-order valence-electron chi connectivity index (χ4n) is 4.25. The van der Waals surface area contributed by atoms with Crippen molar-refractivity contribution < 1.29 is 23.9 Å². The van der Waals surface area contributed by atoms with Crippen LogP contribution in [0.15, 0.2) is 61.2 Å². The number of esters is 1. The summed E-state index contributed by atoms with van der Waals surface area (Å²) in [6.07, 6.45) is 1.85. The molecule has 160 valence electrons. The quantitative estimate of drug-likeness (QED) is 0.391. The number of ether oxygens (including phenoxy) is 2. The highest BCUT2D eigenvalue weighted by atomic mass is 16.6. The fourth-order valence-corrected chi connectivity index (χ4v) is 4.25. The number of hydrogen-bond acceptors (Lipinski definition) is 5. The summed E-state index contributed by atoms with van der Waals surface area (Å²) >= 11 is 0. The van der Waals surface area contributed by atoms with Gasteiger partial charge in [0.15, 0.2) is 0 Å². The van der Waals surface area contributed by atoms with Crippen LogP contribution in [0.25, 0.3) is 0 Å². The van der Waals surface area contributed by atoms with Gasteiger partial charge in [-0.25, -0.2) is 4.79 Å². The molecule has 0 bridgehead atoms. The van der Waals surface area contributed by atoms with E-state index in [1.165, 1.54) is 9.80 Å². The van der Waals surface area contributed by atoms with Gasteiger partial charge in [0.2, 0.25) is 11.6 Å². The molecule has 7 nitrogen and oxygen atoms in total. The van der Waals surface area contributed by atoms with E-state index in [4.69, 9.17) is 9.47 Å². The molecule has 1 atom stereocenters. The Hall–Kier alpha value is -3.61. The molecule has 0 aromatic heterocycles. The molecule has 1 fully saturated rings. The second-order valence-corrected chi connectivity index (χ2v) is 7.52. The van der Waals surface area contributed by atoms with Crippen LogP contribution in [0.2, 0.25) is 0 Å². The maximum absolute atomic E-state index is 13.4. The Bertz CT molecular complexity index is 1050. The van der Waals surface area contributed by atoms with E-state index < -0.39 is 11.6 Å². The lowest BCUT2D eigenvalue weighted by molar-refractivity contribution is -0.157. The number of amides is 2. The van der Waals surface area contributed by atoms with Crippen LogP contribution in [0.1, 0.15) is 28.8 Å². The lowest BCUT2D eigenvalue weighted by Gasteiger charge is -2.48. The third-order valence-corrected chi connectivity index (χ3v) is 5.68. The normalized spacial score (nSPS) is 19.6. The molecular weight excluding hydrogens is 396 g/mol. The van der Waals surface area contributed by atoms with Crippen LogP contribution in [0.5, 0.6) is 5.75 Å². The molecule has 0 N–H and O–H groups in total. The van der Waals surface area contributed by atoms with Crippen molar-refractivity contribution >= 4 is 23.5 Å². The standard InChI is InChI=1S/C24H24N2O5/c1-3-14-25-22(28)18-9-5-6-10-19(18)26-21(27)12-13-24(25,26)23(29)31-16-15-30-20-11-7-4-8-17(20)2/h3-11H,1,12-16H2,2H3/t24-/m1/s1. The average Bonchev–Trinajstić information content (AvgIpc) is 3.13. The second kappa shape index (κ2) is 8.26. The highest BCUT2D eigenvalue weighted by molar-refractivity contribution is 6.15. The molecule has 2 aromatic carbocycles. The van der Waals surface area contributed by atoms with Gasteiger partial charge in [-0.1, -0.05) is 36.4 Å². The van der Waals surface area contributed by atoms with Gasteiger partial charge in [0.25, 0.3) is 5.91 Å². The highest BCUT2D eigenvalue weighted by Gasteiger charge is 2.61. The zero-order valence-electron chi connectivity index (χ0n) is 17.4. The van der Waals surface area contributed by atoms with Gasteiger partial charge in [0.05, 0.1) is 11.3 Å². The van der Waals surface area contributed by atoms with E-state index in [9.17, 15) is 14.4 Å². The minimum Gasteiger partial charge on any atom is -0.490 e. The molecule has 2 amide bonds. The van der Waals surface area contributed by atoms with Gasteiger partial charge in [-0.05, 0) is 30.7 Å². The summed E-state index contributed by atoms with van der Waals surface area (Å²) in [5.41, 5.74) is 0.278. The summed E-state index contributed by atoms with van der Waals surface area (Å²) in [6, 6.07) is 14.4. The summed E-state index contributed by atoms with van der Waals surface area (Å²) < 4.78 is 11.3. The van der Waals surface area contributed by atoms with Crippen LogP contribution in [0.4, 0.5) is 5.69 Å². The van der Waals surface area contributed by atoms with Crippen LogP contribution in [0, 0.1) is 6.92 Å². The lowest BCUT2D eigenvalue weighted by Crippen LogP contribution is -2.68. The molecule has 0 aliphatic carbocycles. The zero-order valence-corrected chi connectivity index (χ0v) is 17.4. The SMILES string of the molecule is C=CCN1C(=O)c2ccccc2N2C(=O)CC[C@@]12C(=O)OCCOc1ccccc1C. The first-order valence-corrected chi connectivity index (χ1v) is 10.2. The number of carbonyl (C=O) groups is 3. The van der Waals surface area contributed by atoms with Gasteiger partial charge in [0, 0.05) is 19.4 Å². The predicted molar refractivity (Wildman–Crippen MR) is 115 cm³/mol. The topological polar surface area (TPSA) is 76.2 Å². The first-order valence-electron chi connectivity index (χ1n) is 10.2. The van der Waals surface area contributed by atoms with Crippen molar-refractivity contribution in [2.24, 2.45) is 0 Å². The van der Waals surface area contributed by atoms with Crippen molar-refractivity contribution in [2.45, 2.75) is 25.4 Å². The molecule has 2 aliphatic rings. The Labute approximate surface area is 180 Å². The number of rotatable bonds is 7. The summed E-state index contributed by atoms with van der Waals surface area (Å²) in [6.45, 7) is 5.92. The molecule has 1 saturated heterocycles. The lowest BCUT2D eigenvalue weighted by atomic mass is 9.96. The first kappa shape index (κ1) is 20.7. The Morgan fingerprint density at radius 2 is 1.87 bits per heavy atom. The number of benzene rings is 2. The monoisotopic (exact) mass is 420 g/mol. The Balaban J connectivity index is 1.58. The van der Waals surface area contributed by atoms with Crippen LogP contribution in [0.3, 0.4) is 0 Å². The van der Waals surface area contributed by atoms with Crippen molar-refractivity contribution in [2.75, 3.05) is 24.7 Å². The number of carbonyl (C=O) groups excluding carboxylic acids is 3. The molecular formula is C24H24N2O5. The molecule has 0 saturated carbocycles. The molecule has 0 radical (unpaired) electrons. The van der Waals surface area contributed by atoms with Crippen molar-refractivity contribution in [3.05, 3.63) is 72.3 Å². The minimum atomic E-state index is -1.51. The minimum absolute atomic E-state index is 0.00524. The number of anilines is 1. The molecule has 31 heavy (non-hydrogen) atoms. The number of hydrogen-bond donors (Lipinski definition) is 0. The summed E-state index contributed by atoms with van der Waals surface area (Å²) in [5, 5.41) is 0. The molecule has 2 aromatic rings.